The molecule has 4 nitrogen and oxygen atoms in total. The highest BCUT2D eigenvalue weighted by Crippen LogP contribution is 2.38. The molecule has 1 N–H and O–H groups in total. The number of imide groups is 1. The second-order valence-electron chi connectivity index (χ2n) is 12.4. The summed E-state index contributed by atoms with van der Waals surface area (Å²) < 4.78 is 0. The van der Waals surface area contributed by atoms with E-state index in [1.165, 1.54) is 81.1 Å². The van der Waals surface area contributed by atoms with Crippen LogP contribution in [0.5, 0.6) is 0 Å². The molecule has 2 aromatic carbocycles. The third-order valence-corrected chi connectivity index (χ3v) is 8.72. The van der Waals surface area contributed by atoms with Crippen molar-refractivity contribution in [1.29, 1.82) is 0 Å². The van der Waals surface area contributed by atoms with Crippen LogP contribution in [0.3, 0.4) is 0 Å². The van der Waals surface area contributed by atoms with Crippen LogP contribution in [0.25, 0.3) is 11.1 Å². The molecule has 0 spiro atoms. The Morgan fingerprint density at radius 1 is 0.775 bits per heavy atom. The topological polar surface area (TPSA) is 49.4 Å². The lowest BCUT2D eigenvalue weighted by molar-refractivity contribution is 0.0759. The number of nitrogens with zero attached hydrogens (tertiary/aromatic N) is 1. The minimum Gasteiger partial charge on any atom is -0.335 e. The standard InChI is InChI=1S/C36H54N2O2/c1-6-8-10-11-12-13-28(5)37-36(40)38(27(3)4)35(39)34-25-23-33(24-26-34)32-21-19-31(20-22-32)30-17-15-29(16-18-30)14-9-7-2/h19-30H,6-18H2,1-5H3,(H,37,40). The number of benzene rings is 2. The van der Waals surface area contributed by atoms with Crippen molar-refractivity contribution < 1.29 is 9.59 Å². The van der Waals surface area contributed by atoms with Crippen LogP contribution >= 0.6 is 0 Å². The lowest BCUT2D eigenvalue weighted by Gasteiger charge is -2.29. The van der Waals surface area contributed by atoms with Crippen LogP contribution in [0.1, 0.15) is 140 Å². The molecule has 1 fully saturated rings. The average Bonchev–Trinajstić information content (AvgIpc) is 2.96. The number of urea groups is 1. The molecule has 4 heteroatoms. The molecule has 0 aliphatic heterocycles. The largest absolute Gasteiger partial charge is 0.335 e. The second-order valence-corrected chi connectivity index (χ2v) is 12.4. The van der Waals surface area contributed by atoms with Crippen LogP contribution in [-0.4, -0.2) is 28.9 Å². The summed E-state index contributed by atoms with van der Waals surface area (Å²) in [6, 6.07) is 16.2. The number of rotatable bonds is 14. The Bertz CT molecular complexity index is 1020. The van der Waals surface area contributed by atoms with Crippen molar-refractivity contribution >= 4 is 11.9 Å². The molecule has 2 aromatic rings. The number of amides is 3. The summed E-state index contributed by atoms with van der Waals surface area (Å²) in [6.45, 7) is 10.3. The maximum atomic E-state index is 13.4. The van der Waals surface area contributed by atoms with E-state index in [4.69, 9.17) is 0 Å². The summed E-state index contributed by atoms with van der Waals surface area (Å²) in [7, 11) is 0. The number of hydrogen-bond acceptors (Lipinski definition) is 2. The minimum absolute atomic E-state index is 0.0459. The number of carbonyl (C=O) groups excluding carboxylic acids is 2. The van der Waals surface area contributed by atoms with E-state index in [1.807, 2.05) is 45.0 Å². The third kappa shape index (κ3) is 9.49. The van der Waals surface area contributed by atoms with E-state index in [-0.39, 0.29) is 24.0 Å². The van der Waals surface area contributed by atoms with Crippen LogP contribution in [-0.2, 0) is 0 Å². The number of unbranched alkanes of at least 4 members (excludes halogenated alkanes) is 5. The highest BCUT2D eigenvalue weighted by atomic mass is 16.2. The first-order chi connectivity index (χ1) is 19.3. The van der Waals surface area contributed by atoms with Gasteiger partial charge in [0.15, 0.2) is 0 Å². The first-order valence-electron chi connectivity index (χ1n) is 16.2. The maximum absolute atomic E-state index is 13.4. The quantitative estimate of drug-likeness (QED) is 0.240. The maximum Gasteiger partial charge on any atom is 0.324 e. The van der Waals surface area contributed by atoms with Crippen LogP contribution in [0.4, 0.5) is 4.79 Å². The summed E-state index contributed by atoms with van der Waals surface area (Å²) in [5.74, 6) is 1.36. The first kappa shape index (κ1) is 31.9. The van der Waals surface area contributed by atoms with Crippen LogP contribution in [0, 0.1) is 5.92 Å². The second kappa shape index (κ2) is 16.6. The van der Waals surface area contributed by atoms with Gasteiger partial charge in [-0.2, -0.15) is 0 Å². The van der Waals surface area contributed by atoms with Gasteiger partial charge in [-0.25, -0.2) is 4.79 Å². The van der Waals surface area contributed by atoms with Crippen molar-refractivity contribution in [2.75, 3.05) is 0 Å². The number of nitrogens with one attached hydrogen (secondary N) is 1. The van der Waals surface area contributed by atoms with Gasteiger partial charge < -0.3 is 5.32 Å². The minimum atomic E-state index is -0.305. The molecular formula is C36H54N2O2. The summed E-state index contributed by atoms with van der Waals surface area (Å²) >= 11 is 0. The molecule has 0 heterocycles. The monoisotopic (exact) mass is 546 g/mol. The Labute approximate surface area is 244 Å². The Balaban J connectivity index is 1.56. The molecule has 220 valence electrons. The van der Waals surface area contributed by atoms with Gasteiger partial charge in [0, 0.05) is 17.6 Å². The molecule has 0 radical (unpaired) electrons. The Morgan fingerprint density at radius 3 is 1.93 bits per heavy atom. The highest BCUT2D eigenvalue weighted by Gasteiger charge is 2.27. The average molecular weight is 547 g/mol. The zero-order valence-corrected chi connectivity index (χ0v) is 25.9. The van der Waals surface area contributed by atoms with E-state index in [1.54, 1.807) is 0 Å². The van der Waals surface area contributed by atoms with Crippen molar-refractivity contribution in [3.63, 3.8) is 0 Å². The summed E-state index contributed by atoms with van der Waals surface area (Å²) in [5, 5.41) is 3.05. The summed E-state index contributed by atoms with van der Waals surface area (Å²) in [5.41, 5.74) is 4.24. The van der Waals surface area contributed by atoms with Gasteiger partial charge in [-0.05, 0) is 93.5 Å². The SMILES string of the molecule is CCCCCCCC(C)NC(=O)N(C(=O)c1ccc(-c2ccc(C3CCC(CCCC)CC3)cc2)cc1)C(C)C. The molecule has 1 aliphatic rings. The predicted molar refractivity (Wildman–Crippen MR) is 169 cm³/mol. The number of carbonyl (C=O) groups is 2. The Kier molecular flexibility index (Phi) is 13.2. The first-order valence-corrected chi connectivity index (χ1v) is 16.2. The normalized spacial score (nSPS) is 17.9. The molecule has 3 amide bonds. The molecule has 0 aromatic heterocycles. The van der Waals surface area contributed by atoms with Gasteiger partial charge in [0.05, 0.1) is 0 Å². The lowest BCUT2D eigenvalue weighted by atomic mass is 9.77. The smallest absolute Gasteiger partial charge is 0.324 e. The molecule has 0 saturated heterocycles. The molecule has 0 bridgehead atoms. The summed E-state index contributed by atoms with van der Waals surface area (Å²) in [4.78, 5) is 27.8. The van der Waals surface area contributed by atoms with E-state index >= 15 is 0 Å². The van der Waals surface area contributed by atoms with E-state index in [0.717, 1.165) is 29.9 Å². The molecule has 40 heavy (non-hydrogen) atoms. The highest BCUT2D eigenvalue weighted by molar-refractivity contribution is 6.04. The predicted octanol–water partition coefficient (Wildman–Crippen LogP) is 10.1. The fourth-order valence-corrected chi connectivity index (χ4v) is 6.14. The third-order valence-electron chi connectivity index (χ3n) is 8.72. The van der Waals surface area contributed by atoms with Gasteiger partial charge in [-0.15, -0.1) is 0 Å². The van der Waals surface area contributed by atoms with Crippen molar-refractivity contribution in [2.24, 2.45) is 5.92 Å². The van der Waals surface area contributed by atoms with Crippen molar-refractivity contribution in [3.05, 3.63) is 59.7 Å². The molecule has 1 aliphatic carbocycles. The zero-order chi connectivity index (χ0) is 28.9. The van der Waals surface area contributed by atoms with E-state index in [9.17, 15) is 9.59 Å². The van der Waals surface area contributed by atoms with Crippen molar-refractivity contribution in [1.82, 2.24) is 10.2 Å². The van der Waals surface area contributed by atoms with Crippen LogP contribution < -0.4 is 5.32 Å². The van der Waals surface area contributed by atoms with Crippen molar-refractivity contribution in [2.45, 2.75) is 136 Å². The van der Waals surface area contributed by atoms with E-state index in [2.05, 4.69) is 43.4 Å². The summed E-state index contributed by atoms with van der Waals surface area (Å²) in [6.07, 6.45) is 16.4. The molecular weight excluding hydrogens is 492 g/mol. The Hall–Kier alpha value is -2.62. The number of hydrogen-bond donors (Lipinski definition) is 1. The molecule has 1 unspecified atom stereocenters. The lowest BCUT2D eigenvalue weighted by Crippen LogP contribution is -2.50. The van der Waals surface area contributed by atoms with Crippen LogP contribution in [0.15, 0.2) is 48.5 Å². The van der Waals surface area contributed by atoms with Gasteiger partial charge in [0.25, 0.3) is 5.91 Å². The fraction of sp³-hybridized carbons (Fsp3) is 0.611. The fourth-order valence-electron chi connectivity index (χ4n) is 6.14. The van der Waals surface area contributed by atoms with Crippen LogP contribution in [0.2, 0.25) is 0 Å². The molecule has 1 saturated carbocycles. The van der Waals surface area contributed by atoms with Gasteiger partial charge in [-0.1, -0.05) is 102 Å². The van der Waals surface area contributed by atoms with Crippen molar-refractivity contribution in [3.8, 4) is 11.1 Å². The van der Waals surface area contributed by atoms with Gasteiger partial charge in [0.1, 0.15) is 0 Å². The van der Waals surface area contributed by atoms with Gasteiger partial charge >= 0.3 is 6.03 Å². The van der Waals surface area contributed by atoms with Gasteiger partial charge in [-0.3, -0.25) is 9.69 Å². The molecule has 1 atom stereocenters. The Morgan fingerprint density at radius 2 is 1.35 bits per heavy atom. The van der Waals surface area contributed by atoms with Gasteiger partial charge in [0.2, 0.25) is 0 Å². The van der Waals surface area contributed by atoms with E-state index < -0.39 is 0 Å². The molecule has 3 rings (SSSR count). The van der Waals surface area contributed by atoms with E-state index in [0.29, 0.717) is 11.5 Å². The zero-order valence-electron chi connectivity index (χ0n) is 25.9.